The van der Waals surface area contributed by atoms with Crippen molar-refractivity contribution in [3.63, 3.8) is 0 Å². The van der Waals surface area contributed by atoms with Crippen LogP contribution < -0.4 is 10.2 Å². The SMILES string of the molecule is CN(c1ccc(CNC(C)(C)C)cc1Br)C1CCCCC1. The molecule has 118 valence electrons. The van der Waals surface area contributed by atoms with Gasteiger partial charge in [-0.2, -0.15) is 0 Å². The molecule has 1 aromatic carbocycles. The molecule has 0 bridgehead atoms. The van der Waals surface area contributed by atoms with Crippen LogP contribution in [0.1, 0.15) is 58.4 Å². The topological polar surface area (TPSA) is 15.3 Å². The maximum absolute atomic E-state index is 3.77. The molecule has 1 saturated carbocycles. The lowest BCUT2D eigenvalue weighted by Crippen LogP contribution is -2.35. The lowest BCUT2D eigenvalue weighted by Gasteiger charge is -2.33. The predicted octanol–water partition coefficient (Wildman–Crippen LogP) is 5.11. The third kappa shape index (κ3) is 5.00. The Kier molecular flexibility index (Phi) is 5.73. The number of nitrogens with one attached hydrogen (secondary N) is 1. The molecule has 0 spiro atoms. The molecule has 0 amide bonds. The number of hydrogen-bond donors (Lipinski definition) is 1. The van der Waals surface area contributed by atoms with Crippen LogP contribution in [0.5, 0.6) is 0 Å². The van der Waals surface area contributed by atoms with Gasteiger partial charge in [-0.1, -0.05) is 25.3 Å². The minimum Gasteiger partial charge on any atom is -0.371 e. The zero-order valence-corrected chi connectivity index (χ0v) is 15.5. The standard InChI is InChI=1S/C18H29BrN2/c1-18(2,3)20-13-14-10-11-17(16(19)12-14)21(4)15-8-6-5-7-9-15/h10-12,15,20H,5-9,13H2,1-4H3. The number of rotatable bonds is 4. The van der Waals surface area contributed by atoms with Gasteiger partial charge in [0.1, 0.15) is 0 Å². The maximum Gasteiger partial charge on any atom is 0.0510 e. The first-order valence-electron chi connectivity index (χ1n) is 8.13. The van der Waals surface area contributed by atoms with Crippen molar-refractivity contribution in [2.45, 2.75) is 71.0 Å². The quantitative estimate of drug-likeness (QED) is 0.810. The van der Waals surface area contributed by atoms with E-state index in [1.54, 1.807) is 0 Å². The van der Waals surface area contributed by atoms with Crippen LogP contribution >= 0.6 is 15.9 Å². The number of hydrogen-bond acceptors (Lipinski definition) is 2. The van der Waals surface area contributed by atoms with Crippen LogP contribution in [-0.2, 0) is 6.54 Å². The normalized spacial score (nSPS) is 17.0. The molecule has 2 nitrogen and oxygen atoms in total. The van der Waals surface area contributed by atoms with Crippen molar-refractivity contribution in [1.29, 1.82) is 0 Å². The highest BCUT2D eigenvalue weighted by Crippen LogP contribution is 2.32. The summed E-state index contributed by atoms with van der Waals surface area (Å²) >= 11 is 3.77. The third-order valence-electron chi connectivity index (χ3n) is 4.34. The van der Waals surface area contributed by atoms with E-state index in [2.05, 4.69) is 72.2 Å². The Morgan fingerprint density at radius 3 is 2.43 bits per heavy atom. The lowest BCUT2D eigenvalue weighted by atomic mass is 9.94. The Balaban J connectivity index is 2.04. The van der Waals surface area contributed by atoms with Crippen molar-refractivity contribution < 1.29 is 0 Å². The summed E-state index contributed by atoms with van der Waals surface area (Å²) in [6.45, 7) is 7.52. The Labute approximate surface area is 138 Å². The zero-order chi connectivity index (χ0) is 15.5. The van der Waals surface area contributed by atoms with Gasteiger partial charge >= 0.3 is 0 Å². The summed E-state index contributed by atoms with van der Waals surface area (Å²) in [6, 6.07) is 7.47. The first-order valence-corrected chi connectivity index (χ1v) is 8.92. The fraction of sp³-hybridized carbons (Fsp3) is 0.667. The summed E-state index contributed by atoms with van der Waals surface area (Å²) in [4.78, 5) is 2.46. The summed E-state index contributed by atoms with van der Waals surface area (Å²) in [7, 11) is 2.24. The van der Waals surface area contributed by atoms with Crippen LogP contribution in [0.4, 0.5) is 5.69 Å². The van der Waals surface area contributed by atoms with Crippen molar-refractivity contribution in [2.75, 3.05) is 11.9 Å². The Bertz CT molecular complexity index is 459. The zero-order valence-electron chi connectivity index (χ0n) is 13.9. The molecule has 1 fully saturated rings. The van der Waals surface area contributed by atoms with E-state index < -0.39 is 0 Å². The molecule has 0 aliphatic heterocycles. The van der Waals surface area contributed by atoms with Crippen LogP contribution in [0.3, 0.4) is 0 Å². The summed E-state index contributed by atoms with van der Waals surface area (Å²) in [6.07, 6.45) is 6.82. The number of nitrogens with zero attached hydrogens (tertiary/aromatic N) is 1. The third-order valence-corrected chi connectivity index (χ3v) is 4.97. The molecule has 0 aromatic heterocycles. The fourth-order valence-corrected chi connectivity index (χ4v) is 3.68. The Morgan fingerprint density at radius 2 is 1.86 bits per heavy atom. The Morgan fingerprint density at radius 1 is 1.19 bits per heavy atom. The second-order valence-electron chi connectivity index (χ2n) is 7.29. The molecular weight excluding hydrogens is 324 g/mol. The average molecular weight is 353 g/mol. The molecule has 0 unspecified atom stereocenters. The van der Waals surface area contributed by atoms with Crippen molar-refractivity contribution in [1.82, 2.24) is 5.32 Å². The van der Waals surface area contributed by atoms with Gasteiger partial charge in [-0.15, -0.1) is 0 Å². The van der Waals surface area contributed by atoms with Gasteiger partial charge in [0.15, 0.2) is 0 Å². The number of anilines is 1. The van der Waals surface area contributed by atoms with Crippen LogP contribution in [0.25, 0.3) is 0 Å². The second kappa shape index (κ2) is 7.15. The van der Waals surface area contributed by atoms with Crippen LogP contribution in [0.2, 0.25) is 0 Å². The molecule has 0 atom stereocenters. The van der Waals surface area contributed by atoms with Crippen molar-refractivity contribution >= 4 is 21.6 Å². The molecule has 1 N–H and O–H groups in total. The molecule has 3 heteroatoms. The maximum atomic E-state index is 3.77. The molecule has 1 aliphatic rings. The first kappa shape index (κ1) is 16.8. The van der Waals surface area contributed by atoms with E-state index in [1.165, 1.54) is 47.8 Å². The largest absolute Gasteiger partial charge is 0.371 e. The van der Waals surface area contributed by atoms with Crippen LogP contribution in [-0.4, -0.2) is 18.6 Å². The molecule has 0 radical (unpaired) electrons. The van der Waals surface area contributed by atoms with E-state index in [9.17, 15) is 0 Å². The highest BCUT2D eigenvalue weighted by molar-refractivity contribution is 9.10. The molecule has 0 saturated heterocycles. The lowest BCUT2D eigenvalue weighted by molar-refractivity contribution is 0.423. The molecule has 21 heavy (non-hydrogen) atoms. The number of benzene rings is 1. The summed E-state index contributed by atoms with van der Waals surface area (Å²) in [5.74, 6) is 0. The van der Waals surface area contributed by atoms with Gasteiger partial charge in [0, 0.05) is 29.6 Å². The molecule has 1 aromatic rings. The molecule has 2 rings (SSSR count). The first-order chi connectivity index (χ1) is 9.87. The van der Waals surface area contributed by atoms with Gasteiger partial charge in [-0.25, -0.2) is 0 Å². The molecular formula is C18H29BrN2. The van der Waals surface area contributed by atoms with Gasteiger partial charge in [0.25, 0.3) is 0 Å². The van der Waals surface area contributed by atoms with Crippen molar-refractivity contribution in [3.05, 3.63) is 28.2 Å². The van der Waals surface area contributed by atoms with E-state index in [1.807, 2.05) is 0 Å². The molecule has 1 aliphatic carbocycles. The van der Waals surface area contributed by atoms with Crippen LogP contribution in [0, 0.1) is 0 Å². The van der Waals surface area contributed by atoms with Crippen molar-refractivity contribution in [2.24, 2.45) is 0 Å². The van der Waals surface area contributed by atoms with E-state index in [0.717, 1.165) is 6.54 Å². The summed E-state index contributed by atoms with van der Waals surface area (Å²) in [5.41, 5.74) is 2.81. The summed E-state index contributed by atoms with van der Waals surface area (Å²) in [5, 5.41) is 3.54. The smallest absolute Gasteiger partial charge is 0.0510 e. The highest BCUT2D eigenvalue weighted by Gasteiger charge is 2.20. The minimum absolute atomic E-state index is 0.157. The second-order valence-corrected chi connectivity index (χ2v) is 8.15. The van der Waals surface area contributed by atoms with Crippen molar-refractivity contribution in [3.8, 4) is 0 Å². The van der Waals surface area contributed by atoms with Gasteiger partial charge in [0.05, 0.1) is 5.69 Å². The van der Waals surface area contributed by atoms with Gasteiger partial charge in [-0.3, -0.25) is 0 Å². The van der Waals surface area contributed by atoms with E-state index in [-0.39, 0.29) is 5.54 Å². The predicted molar refractivity (Wildman–Crippen MR) is 96.0 cm³/mol. The van der Waals surface area contributed by atoms with Crippen LogP contribution in [0.15, 0.2) is 22.7 Å². The highest BCUT2D eigenvalue weighted by atomic mass is 79.9. The minimum atomic E-state index is 0.157. The monoisotopic (exact) mass is 352 g/mol. The Hall–Kier alpha value is -0.540. The van der Waals surface area contributed by atoms with E-state index in [0.29, 0.717) is 6.04 Å². The van der Waals surface area contributed by atoms with Gasteiger partial charge in [-0.05, 0) is 67.2 Å². The fourth-order valence-electron chi connectivity index (χ4n) is 2.98. The van der Waals surface area contributed by atoms with E-state index >= 15 is 0 Å². The van der Waals surface area contributed by atoms with Gasteiger partial charge < -0.3 is 10.2 Å². The average Bonchev–Trinajstić information content (AvgIpc) is 2.45. The molecule has 0 heterocycles. The summed E-state index contributed by atoms with van der Waals surface area (Å²) < 4.78 is 1.21. The van der Waals surface area contributed by atoms with Gasteiger partial charge in [0.2, 0.25) is 0 Å². The van der Waals surface area contributed by atoms with E-state index in [4.69, 9.17) is 0 Å². The number of halogens is 1.